The smallest absolute Gasteiger partial charge is 0.279 e. The van der Waals surface area contributed by atoms with Crippen LogP contribution in [0.5, 0.6) is 5.88 Å². The number of aromatic amines is 1. The maximum Gasteiger partial charge on any atom is 0.279 e. The molecule has 5 rings (SSSR count). The van der Waals surface area contributed by atoms with E-state index in [9.17, 15) is 8.42 Å². The number of aromatic nitrogens is 5. The Morgan fingerprint density at radius 3 is 2.50 bits per heavy atom. The highest BCUT2D eigenvalue weighted by Crippen LogP contribution is 2.30. The van der Waals surface area contributed by atoms with Crippen molar-refractivity contribution in [2.24, 2.45) is 0 Å². The third-order valence-electron chi connectivity index (χ3n) is 6.36. The van der Waals surface area contributed by atoms with Crippen LogP contribution < -0.4 is 9.46 Å². The van der Waals surface area contributed by atoms with Crippen LogP contribution in [0.3, 0.4) is 0 Å². The number of sulfonamides is 1. The Labute approximate surface area is 210 Å². The van der Waals surface area contributed by atoms with Crippen molar-refractivity contribution in [3.05, 3.63) is 54.4 Å². The van der Waals surface area contributed by atoms with Gasteiger partial charge in [0, 0.05) is 36.6 Å². The highest BCUT2D eigenvalue weighted by Gasteiger charge is 2.25. The summed E-state index contributed by atoms with van der Waals surface area (Å²) < 4.78 is 34.1. The van der Waals surface area contributed by atoms with Crippen LogP contribution >= 0.6 is 0 Å². The highest BCUT2D eigenvalue weighted by molar-refractivity contribution is 7.92. The molecule has 11 heteroatoms. The fourth-order valence-electron chi connectivity index (χ4n) is 4.32. The normalized spacial score (nSPS) is 15.4. The zero-order chi connectivity index (χ0) is 25.3. The lowest BCUT2D eigenvalue weighted by Crippen LogP contribution is -2.41. The second-order valence-electron chi connectivity index (χ2n) is 9.18. The van der Waals surface area contributed by atoms with Gasteiger partial charge in [0.2, 0.25) is 5.88 Å². The molecule has 0 amide bonds. The average molecular weight is 508 g/mol. The van der Waals surface area contributed by atoms with Gasteiger partial charge >= 0.3 is 0 Å². The lowest BCUT2D eigenvalue weighted by atomic mass is 10.1. The van der Waals surface area contributed by atoms with E-state index in [1.807, 2.05) is 6.92 Å². The SMILES string of the molecule is Cc1n[nH]c2nc(-c3ccc(NS(=O)(=O)c4ccccn4)cc3)nc(OC3CCN(C(C)C)CC3)c12. The summed E-state index contributed by atoms with van der Waals surface area (Å²) in [4.78, 5) is 15.8. The number of nitrogens with zero attached hydrogens (tertiary/aromatic N) is 5. The monoisotopic (exact) mass is 507 g/mol. The van der Waals surface area contributed by atoms with Gasteiger partial charge in [-0.25, -0.2) is 9.97 Å². The number of aryl methyl sites for hydroxylation is 1. The molecule has 0 bridgehead atoms. The Balaban J connectivity index is 1.38. The van der Waals surface area contributed by atoms with Gasteiger partial charge in [-0.05, 0) is 70.0 Å². The molecule has 4 heterocycles. The molecule has 1 aromatic carbocycles. The molecule has 3 aromatic heterocycles. The summed E-state index contributed by atoms with van der Waals surface area (Å²) >= 11 is 0. The number of ether oxygens (including phenoxy) is 1. The second-order valence-corrected chi connectivity index (χ2v) is 10.8. The molecule has 0 spiro atoms. The van der Waals surface area contributed by atoms with Gasteiger partial charge in [0.25, 0.3) is 10.0 Å². The summed E-state index contributed by atoms with van der Waals surface area (Å²) in [5.74, 6) is 0.990. The molecule has 2 N–H and O–H groups in total. The molecule has 0 saturated carbocycles. The number of anilines is 1. The molecular formula is C25H29N7O3S. The van der Waals surface area contributed by atoms with Crippen LogP contribution in [0.1, 0.15) is 32.4 Å². The van der Waals surface area contributed by atoms with E-state index in [2.05, 4.69) is 43.6 Å². The largest absolute Gasteiger partial charge is 0.474 e. The lowest BCUT2D eigenvalue weighted by Gasteiger charge is -2.34. The van der Waals surface area contributed by atoms with Crippen molar-refractivity contribution in [3.8, 4) is 17.3 Å². The van der Waals surface area contributed by atoms with Crippen LogP contribution in [0.25, 0.3) is 22.4 Å². The Kier molecular flexibility index (Phi) is 6.59. The lowest BCUT2D eigenvalue weighted by molar-refractivity contribution is 0.0824. The minimum atomic E-state index is -3.78. The summed E-state index contributed by atoms with van der Waals surface area (Å²) in [6, 6.07) is 12.1. The summed E-state index contributed by atoms with van der Waals surface area (Å²) in [6.07, 6.45) is 3.38. The molecule has 0 aliphatic carbocycles. The van der Waals surface area contributed by atoms with Gasteiger partial charge < -0.3 is 9.64 Å². The third-order valence-corrected chi connectivity index (χ3v) is 7.66. The number of hydrogen-bond donors (Lipinski definition) is 2. The molecule has 36 heavy (non-hydrogen) atoms. The molecule has 0 unspecified atom stereocenters. The first-order valence-electron chi connectivity index (χ1n) is 12.0. The number of fused-ring (bicyclic) bond motifs is 1. The minimum absolute atomic E-state index is 0.0431. The predicted octanol–water partition coefficient (Wildman–Crippen LogP) is 3.78. The Hall–Kier alpha value is -3.57. The molecule has 1 fully saturated rings. The number of pyridine rings is 1. The zero-order valence-electron chi connectivity index (χ0n) is 20.5. The zero-order valence-corrected chi connectivity index (χ0v) is 21.3. The van der Waals surface area contributed by atoms with E-state index in [4.69, 9.17) is 9.72 Å². The quantitative estimate of drug-likeness (QED) is 0.387. The summed E-state index contributed by atoms with van der Waals surface area (Å²) in [7, 11) is -3.78. The third kappa shape index (κ3) is 5.02. The number of hydrogen-bond acceptors (Lipinski definition) is 8. The number of piperidine rings is 1. The molecule has 1 aliphatic rings. The molecule has 4 aromatic rings. The van der Waals surface area contributed by atoms with E-state index in [0.717, 1.165) is 42.6 Å². The summed E-state index contributed by atoms with van der Waals surface area (Å²) in [6.45, 7) is 8.31. The molecular weight excluding hydrogens is 478 g/mol. The van der Waals surface area contributed by atoms with Crippen molar-refractivity contribution < 1.29 is 13.2 Å². The van der Waals surface area contributed by atoms with Crippen molar-refractivity contribution in [3.63, 3.8) is 0 Å². The van der Waals surface area contributed by atoms with Crippen LogP contribution in [0, 0.1) is 6.92 Å². The van der Waals surface area contributed by atoms with Crippen molar-refractivity contribution >= 4 is 26.7 Å². The number of likely N-dealkylation sites (tertiary alicyclic amines) is 1. The van der Waals surface area contributed by atoms with Gasteiger partial charge in [0.15, 0.2) is 16.5 Å². The number of rotatable bonds is 7. The fourth-order valence-corrected chi connectivity index (χ4v) is 5.33. The van der Waals surface area contributed by atoms with E-state index < -0.39 is 10.0 Å². The van der Waals surface area contributed by atoms with Crippen LogP contribution in [0.15, 0.2) is 53.7 Å². The van der Waals surface area contributed by atoms with E-state index in [1.165, 1.54) is 12.3 Å². The fraction of sp³-hybridized carbons (Fsp3) is 0.360. The molecule has 0 radical (unpaired) electrons. The Morgan fingerprint density at radius 1 is 1.08 bits per heavy atom. The number of nitrogens with one attached hydrogen (secondary N) is 2. The predicted molar refractivity (Wildman–Crippen MR) is 137 cm³/mol. The van der Waals surface area contributed by atoms with Gasteiger partial charge in [0.05, 0.1) is 5.69 Å². The van der Waals surface area contributed by atoms with Crippen molar-refractivity contribution in [1.82, 2.24) is 30.0 Å². The first-order chi connectivity index (χ1) is 17.3. The molecule has 10 nitrogen and oxygen atoms in total. The number of H-pyrrole nitrogens is 1. The van der Waals surface area contributed by atoms with Crippen molar-refractivity contribution in [2.75, 3.05) is 17.8 Å². The van der Waals surface area contributed by atoms with E-state index in [0.29, 0.717) is 29.1 Å². The maximum absolute atomic E-state index is 12.6. The summed E-state index contributed by atoms with van der Waals surface area (Å²) in [5, 5.41) is 8.01. The van der Waals surface area contributed by atoms with Gasteiger partial charge in [0.1, 0.15) is 11.5 Å². The molecule has 188 valence electrons. The van der Waals surface area contributed by atoms with Crippen LogP contribution in [0.4, 0.5) is 5.69 Å². The van der Waals surface area contributed by atoms with Crippen LogP contribution in [0.2, 0.25) is 0 Å². The van der Waals surface area contributed by atoms with Crippen molar-refractivity contribution in [1.29, 1.82) is 0 Å². The average Bonchev–Trinajstić information content (AvgIpc) is 3.26. The molecule has 1 saturated heterocycles. The topological polar surface area (TPSA) is 126 Å². The van der Waals surface area contributed by atoms with Crippen molar-refractivity contribution in [2.45, 2.75) is 50.8 Å². The van der Waals surface area contributed by atoms with E-state index in [-0.39, 0.29) is 11.1 Å². The van der Waals surface area contributed by atoms with Gasteiger partial charge in [-0.2, -0.15) is 18.5 Å². The maximum atomic E-state index is 12.6. The number of benzene rings is 1. The molecule has 0 atom stereocenters. The highest BCUT2D eigenvalue weighted by atomic mass is 32.2. The minimum Gasteiger partial charge on any atom is -0.474 e. The van der Waals surface area contributed by atoms with Gasteiger partial charge in [-0.15, -0.1) is 0 Å². The first kappa shape index (κ1) is 24.1. The van der Waals surface area contributed by atoms with Crippen LogP contribution in [-0.2, 0) is 10.0 Å². The standard InChI is InChI=1S/C25H29N7O3S/c1-16(2)32-14-11-20(12-15-32)35-25-22-17(3)29-30-24(22)27-23(28-25)18-7-9-19(10-8-18)31-36(33,34)21-6-4-5-13-26-21/h4-10,13,16,20,31H,11-12,14-15H2,1-3H3,(H,27,28,29,30). The Bertz CT molecular complexity index is 1450. The van der Waals surface area contributed by atoms with E-state index in [1.54, 1.807) is 36.4 Å². The van der Waals surface area contributed by atoms with Gasteiger partial charge in [-0.1, -0.05) is 6.07 Å². The summed E-state index contributed by atoms with van der Waals surface area (Å²) in [5.41, 5.74) is 2.53. The first-order valence-corrected chi connectivity index (χ1v) is 13.5. The molecule has 1 aliphatic heterocycles. The van der Waals surface area contributed by atoms with E-state index >= 15 is 0 Å². The Morgan fingerprint density at radius 2 is 1.83 bits per heavy atom. The second kappa shape index (κ2) is 9.82. The van der Waals surface area contributed by atoms with Crippen LogP contribution in [-0.4, -0.2) is 63.7 Å². The van der Waals surface area contributed by atoms with Gasteiger partial charge in [-0.3, -0.25) is 9.82 Å².